The van der Waals surface area contributed by atoms with Crippen LogP contribution in [-0.4, -0.2) is 23.1 Å². The lowest BCUT2D eigenvalue weighted by Gasteiger charge is -2.09. The van der Waals surface area contributed by atoms with Crippen LogP contribution in [0.4, 0.5) is 5.69 Å². The summed E-state index contributed by atoms with van der Waals surface area (Å²) < 4.78 is 7.68. The van der Waals surface area contributed by atoms with Gasteiger partial charge in [0.1, 0.15) is 0 Å². The highest BCUT2D eigenvalue weighted by Gasteiger charge is 2.25. The molecule has 2 aromatic rings. The summed E-state index contributed by atoms with van der Waals surface area (Å²) >= 11 is 3.39. The fourth-order valence-electron chi connectivity index (χ4n) is 2.75. The molecule has 0 aliphatic carbocycles. The SMILES string of the molecule is O=C1Nc2cc(Br)ccc2C1=Cn1cc2c(c1)C(=O)OCC2. The highest BCUT2D eigenvalue weighted by Crippen LogP contribution is 2.34. The average molecular weight is 359 g/mol. The molecule has 0 radical (unpaired) electrons. The lowest BCUT2D eigenvalue weighted by Crippen LogP contribution is -2.15. The smallest absolute Gasteiger partial charge is 0.339 e. The quantitative estimate of drug-likeness (QED) is 0.629. The Hall–Kier alpha value is -2.34. The van der Waals surface area contributed by atoms with Crippen molar-refractivity contribution >= 4 is 45.3 Å². The Balaban J connectivity index is 1.78. The van der Waals surface area contributed by atoms with Crippen molar-refractivity contribution in [2.75, 3.05) is 11.9 Å². The zero-order valence-corrected chi connectivity index (χ0v) is 13.0. The first kappa shape index (κ1) is 13.3. The summed E-state index contributed by atoms with van der Waals surface area (Å²) in [5.41, 5.74) is 3.72. The molecule has 3 heterocycles. The van der Waals surface area contributed by atoms with E-state index in [-0.39, 0.29) is 11.9 Å². The minimum atomic E-state index is -0.307. The van der Waals surface area contributed by atoms with Crippen LogP contribution in [0.5, 0.6) is 0 Å². The molecule has 2 aliphatic heterocycles. The number of carbonyl (C=O) groups excluding carboxylic acids is 2. The standard InChI is InChI=1S/C16H11BrN2O3/c17-10-1-2-11-13(15(20)18-14(11)5-10)8-19-6-9-3-4-22-16(21)12(9)7-19/h1-2,5-8H,3-4H2,(H,18,20). The number of anilines is 1. The molecule has 6 heteroatoms. The highest BCUT2D eigenvalue weighted by atomic mass is 79.9. The number of halogens is 1. The maximum Gasteiger partial charge on any atom is 0.339 e. The summed E-state index contributed by atoms with van der Waals surface area (Å²) in [7, 11) is 0. The number of nitrogens with one attached hydrogen (secondary N) is 1. The van der Waals surface area contributed by atoms with Gasteiger partial charge in [0.25, 0.3) is 5.91 Å². The number of rotatable bonds is 1. The molecule has 1 amide bonds. The topological polar surface area (TPSA) is 60.3 Å². The summed E-state index contributed by atoms with van der Waals surface area (Å²) in [5, 5.41) is 2.84. The Kier molecular flexibility index (Phi) is 2.94. The van der Waals surface area contributed by atoms with Crippen molar-refractivity contribution in [2.45, 2.75) is 6.42 Å². The maximum atomic E-state index is 12.2. The second-order valence-electron chi connectivity index (χ2n) is 5.22. The average Bonchev–Trinajstić information content (AvgIpc) is 3.02. The predicted molar refractivity (Wildman–Crippen MR) is 85.4 cm³/mol. The van der Waals surface area contributed by atoms with E-state index in [0.29, 0.717) is 24.2 Å². The van der Waals surface area contributed by atoms with Gasteiger partial charge in [-0.25, -0.2) is 4.79 Å². The number of benzene rings is 1. The first-order chi connectivity index (χ1) is 10.6. The van der Waals surface area contributed by atoms with Crippen molar-refractivity contribution in [1.29, 1.82) is 0 Å². The van der Waals surface area contributed by atoms with Crippen LogP contribution in [0.15, 0.2) is 35.1 Å². The number of amides is 1. The van der Waals surface area contributed by atoms with Crippen LogP contribution >= 0.6 is 15.9 Å². The Morgan fingerprint density at radius 3 is 2.91 bits per heavy atom. The van der Waals surface area contributed by atoms with Crippen LogP contribution in [0.2, 0.25) is 0 Å². The largest absolute Gasteiger partial charge is 0.462 e. The van der Waals surface area contributed by atoms with Gasteiger partial charge < -0.3 is 14.6 Å². The molecule has 1 aromatic heterocycles. The normalized spacial score (nSPS) is 18.0. The lowest BCUT2D eigenvalue weighted by molar-refractivity contribution is -0.110. The monoisotopic (exact) mass is 358 g/mol. The van der Waals surface area contributed by atoms with E-state index in [1.165, 1.54) is 0 Å². The van der Waals surface area contributed by atoms with Crippen LogP contribution in [0, 0.1) is 0 Å². The third kappa shape index (κ3) is 2.07. The van der Waals surface area contributed by atoms with Gasteiger partial charge in [-0.05, 0) is 17.7 Å². The molecule has 2 aliphatic rings. The number of hydrogen-bond donors (Lipinski definition) is 1. The van der Waals surface area contributed by atoms with E-state index < -0.39 is 0 Å². The van der Waals surface area contributed by atoms with E-state index in [1.807, 2.05) is 24.4 Å². The summed E-state index contributed by atoms with van der Waals surface area (Å²) in [5.74, 6) is -0.457. The van der Waals surface area contributed by atoms with Gasteiger partial charge in [-0.1, -0.05) is 22.0 Å². The van der Waals surface area contributed by atoms with E-state index in [2.05, 4.69) is 21.2 Å². The number of ether oxygens (including phenoxy) is 1. The van der Waals surface area contributed by atoms with Gasteiger partial charge in [0.2, 0.25) is 0 Å². The Labute approximate surface area is 134 Å². The van der Waals surface area contributed by atoms with Crippen LogP contribution in [-0.2, 0) is 16.0 Å². The maximum absolute atomic E-state index is 12.2. The number of cyclic esters (lactones) is 1. The Morgan fingerprint density at radius 1 is 1.23 bits per heavy atom. The third-order valence-electron chi connectivity index (χ3n) is 3.80. The molecular weight excluding hydrogens is 348 g/mol. The molecule has 0 spiro atoms. The first-order valence-electron chi connectivity index (χ1n) is 6.82. The Morgan fingerprint density at radius 2 is 2.09 bits per heavy atom. The molecule has 0 saturated carbocycles. The van der Waals surface area contributed by atoms with Gasteiger partial charge in [0.15, 0.2) is 0 Å². The number of carbonyl (C=O) groups is 2. The fourth-order valence-corrected chi connectivity index (χ4v) is 3.11. The van der Waals surface area contributed by atoms with Crippen molar-refractivity contribution in [1.82, 2.24) is 4.57 Å². The van der Waals surface area contributed by atoms with Crippen LogP contribution in [0.25, 0.3) is 11.8 Å². The minimum Gasteiger partial charge on any atom is -0.462 e. The number of aromatic nitrogens is 1. The van der Waals surface area contributed by atoms with Crippen molar-refractivity contribution in [3.05, 3.63) is 51.8 Å². The van der Waals surface area contributed by atoms with Gasteiger partial charge in [-0.15, -0.1) is 0 Å². The van der Waals surface area contributed by atoms with Crippen LogP contribution < -0.4 is 5.32 Å². The molecule has 1 N–H and O–H groups in total. The van der Waals surface area contributed by atoms with Crippen LogP contribution in [0.1, 0.15) is 21.5 Å². The summed E-state index contributed by atoms with van der Waals surface area (Å²) in [6.45, 7) is 0.407. The van der Waals surface area contributed by atoms with Crippen molar-refractivity contribution in [3.63, 3.8) is 0 Å². The van der Waals surface area contributed by atoms with Gasteiger partial charge >= 0.3 is 5.97 Å². The molecule has 0 atom stereocenters. The second-order valence-corrected chi connectivity index (χ2v) is 6.13. The Bertz CT molecular complexity index is 851. The summed E-state index contributed by atoms with van der Waals surface area (Å²) in [6, 6.07) is 5.65. The highest BCUT2D eigenvalue weighted by molar-refractivity contribution is 9.10. The molecule has 4 rings (SSSR count). The van der Waals surface area contributed by atoms with Crippen molar-refractivity contribution in [3.8, 4) is 0 Å². The predicted octanol–water partition coefficient (Wildman–Crippen LogP) is 2.91. The first-order valence-corrected chi connectivity index (χ1v) is 7.62. The van der Waals surface area contributed by atoms with E-state index in [1.54, 1.807) is 17.0 Å². The number of fused-ring (bicyclic) bond motifs is 2. The van der Waals surface area contributed by atoms with E-state index >= 15 is 0 Å². The molecule has 5 nitrogen and oxygen atoms in total. The molecule has 0 unspecified atom stereocenters. The molecule has 1 aromatic carbocycles. The molecule has 110 valence electrons. The zero-order valence-electron chi connectivity index (χ0n) is 11.4. The van der Waals surface area contributed by atoms with Crippen molar-refractivity contribution < 1.29 is 14.3 Å². The van der Waals surface area contributed by atoms with Gasteiger partial charge in [0, 0.05) is 35.1 Å². The molecule has 0 fully saturated rings. The number of hydrogen-bond acceptors (Lipinski definition) is 3. The minimum absolute atomic E-state index is 0.151. The summed E-state index contributed by atoms with van der Waals surface area (Å²) in [6.07, 6.45) is 6.01. The second kappa shape index (κ2) is 4.84. The van der Waals surface area contributed by atoms with Gasteiger partial charge in [0.05, 0.1) is 23.4 Å². The van der Waals surface area contributed by atoms with Crippen molar-refractivity contribution in [2.24, 2.45) is 0 Å². The van der Waals surface area contributed by atoms with Crippen LogP contribution in [0.3, 0.4) is 0 Å². The van der Waals surface area contributed by atoms with E-state index in [0.717, 1.165) is 21.3 Å². The molecule has 22 heavy (non-hydrogen) atoms. The lowest BCUT2D eigenvalue weighted by atomic mass is 10.1. The molecule has 0 saturated heterocycles. The number of nitrogens with zero attached hydrogens (tertiary/aromatic N) is 1. The number of esters is 1. The summed E-state index contributed by atoms with van der Waals surface area (Å²) in [4.78, 5) is 23.9. The van der Waals surface area contributed by atoms with Gasteiger partial charge in [-0.2, -0.15) is 0 Å². The fraction of sp³-hybridized carbons (Fsp3) is 0.125. The zero-order chi connectivity index (χ0) is 15.3. The molecular formula is C16H11BrN2O3. The third-order valence-corrected chi connectivity index (χ3v) is 4.29. The molecule has 0 bridgehead atoms. The van der Waals surface area contributed by atoms with Gasteiger partial charge in [-0.3, -0.25) is 4.79 Å². The van der Waals surface area contributed by atoms with E-state index in [4.69, 9.17) is 4.74 Å². The van der Waals surface area contributed by atoms with E-state index in [9.17, 15) is 9.59 Å².